The van der Waals surface area contributed by atoms with Crippen LogP contribution in [-0.4, -0.2) is 10.1 Å². The predicted octanol–water partition coefficient (Wildman–Crippen LogP) is 3.07. The van der Waals surface area contributed by atoms with Gasteiger partial charge in [-0.3, -0.25) is 4.98 Å². The Kier molecular flexibility index (Phi) is 2.42. The minimum absolute atomic E-state index is 0.362. The van der Waals surface area contributed by atoms with Crippen LogP contribution in [0.5, 0.6) is 5.75 Å². The smallest absolute Gasteiger partial charge is 0.126 e. The molecule has 0 aliphatic rings. The van der Waals surface area contributed by atoms with E-state index < -0.39 is 0 Å². The van der Waals surface area contributed by atoms with Crippen LogP contribution in [0.3, 0.4) is 0 Å². The summed E-state index contributed by atoms with van der Waals surface area (Å²) in [6, 6.07) is 7.74. The third kappa shape index (κ3) is 1.71. The zero-order chi connectivity index (χ0) is 10.8. The Balaban J connectivity index is 2.60. The molecule has 0 unspecified atom stereocenters. The van der Waals surface area contributed by atoms with E-state index in [-0.39, 0.29) is 0 Å². The van der Waals surface area contributed by atoms with Crippen molar-refractivity contribution >= 4 is 0 Å². The van der Waals surface area contributed by atoms with E-state index >= 15 is 0 Å². The molecule has 0 saturated carbocycles. The van der Waals surface area contributed by atoms with E-state index in [1.807, 2.05) is 38.1 Å². The first kappa shape index (κ1) is 9.71. The summed E-state index contributed by atoms with van der Waals surface area (Å²) >= 11 is 0. The first-order valence-corrected chi connectivity index (χ1v) is 4.89. The molecule has 0 aliphatic carbocycles. The second kappa shape index (κ2) is 3.73. The first-order chi connectivity index (χ1) is 7.20. The van der Waals surface area contributed by atoms with Crippen LogP contribution in [0.25, 0.3) is 11.1 Å². The SMILES string of the molecule is Cc1ccc(-c2ccncc2)c(O)c1C. The third-order valence-corrected chi connectivity index (χ3v) is 2.69. The molecule has 0 spiro atoms. The van der Waals surface area contributed by atoms with E-state index in [0.717, 1.165) is 22.3 Å². The highest BCUT2D eigenvalue weighted by molar-refractivity contribution is 5.72. The van der Waals surface area contributed by atoms with Crippen molar-refractivity contribution in [2.75, 3.05) is 0 Å². The predicted molar refractivity (Wildman–Crippen MR) is 60.8 cm³/mol. The lowest BCUT2D eigenvalue weighted by atomic mass is 10.00. The number of rotatable bonds is 1. The first-order valence-electron chi connectivity index (χ1n) is 4.89. The summed E-state index contributed by atoms with van der Waals surface area (Å²) in [7, 11) is 0. The molecule has 0 radical (unpaired) electrons. The highest BCUT2D eigenvalue weighted by Gasteiger charge is 2.07. The quantitative estimate of drug-likeness (QED) is 0.765. The fourth-order valence-corrected chi connectivity index (χ4v) is 1.57. The van der Waals surface area contributed by atoms with Gasteiger partial charge in [0, 0.05) is 18.0 Å². The number of aromatic hydroxyl groups is 1. The van der Waals surface area contributed by atoms with Crippen molar-refractivity contribution in [3.63, 3.8) is 0 Å². The minimum atomic E-state index is 0.362. The fourth-order valence-electron chi connectivity index (χ4n) is 1.57. The van der Waals surface area contributed by atoms with E-state index in [0.29, 0.717) is 5.75 Å². The van der Waals surface area contributed by atoms with Crippen molar-refractivity contribution in [3.05, 3.63) is 47.8 Å². The topological polar surface area (TPSA) is 33.1 Å². The maximum Gasteiger partial charge on any atom is 0.126 e. The molecule has 2 rings (SSSR count). The van der Waals surface area contributed by atoms with Gasteiger partial charge in [-0.25, -0.2) is 0 Å². The number of hydrogen-bond acceptors (Lipinski definition) is 2. The van der Waals surface area contributed by atoms with Crippen LogP contribution in [0, 0.1) is 13.8 Å². The molecular formula is C13H13NO. The van der Waals surface area contributed by atoms with Crippen LogP contribution in [0.1, 0.15) is 11.1 Å². The lowest BCUT2D eigenvalue weighted by Crippen LogP contribution is -1.86. The molecule has 0 saturated heterocycles. The molecule has 1 N–H and O–H groups in total. The summed E-state index contributed by atoms with van der Waals surface area (Å²) < 4.78 is 0. The van der Waals surface area contributed by atoms with Crippen molar-refractivity contribution in [1.29, 1.82) is 0 Å². The second-order valence-electron chi connectivity index (χ2n) is 3.64. The van der Waals surface area contributed by atoms with Crippen LogP contribution < -0.4 is 0 Å². The van der Waals surface area contributed by atoms with Crippen LogP contribution in [-0.2, 0) is 0 Å². The van der Waals surface area contributed by atoms with Crippen LogP contribution >= 0.6 is 0 Å². The molecule has 0 bridgehead atoms. The summed E-state index contributed by atoms with van der Waals surface area (Å²) in [5, 5.41) is 10.0. The van der Waals surface area contributed by atoms with Gasteiger partial charge < -0.3 is 5.11 Å². The molecule has 1 heterocycles. The normalized spacial score (nSPS) is 10.3. The lowest BCUT2D eigenvalue weighted by Gasteiger charge is -2.09. The Morgan fingerprint density at radius 2 is 1.67 bits per heavy atom. The average Bonchev–Trinajstić information content (AvgIpc) is 2.27. The van der Waals surface area contributed by atoms with E-state index in [9.17, 15) is 5.11 Å². The van der Waals surface area contributed by atoms with Gasteiger partial charge in [-0.15, -0.1) is 0 Å². The van der Waals surface area contributed by atoms with E-state index in [2.05, 4.69) is 4.98 Å². The van der Waals surface area contributed by atoms with Crippen LogP contribution in [0.15, 0.2) is 36.7 Å². The molecule has 0 amide bonds. The molecule has 2 aromatic rings. The summed E-state index contributed by atoms with van der Waals surface area (Å²) in [5.74, 6) is 0.362. The molecular weight excluding hydrogens is 186 g/mol. The number of nitrogens with zero attached hydrogens (tertiary/aromatic N) is 1. The Bertz CT molecular complexity index is 477. The minimum Gasteiger partial charge on any atom is -0.507 e. The van der Waals surface area contributed by atoms with Crippen molar-refractivity contribution in [1.82, 2.24) is 4.98 Å². The monoisotopic (exact) mass is 199 g/mol. The molecule has 0 atom stereocenters. The summed E-state index contributed by atoms with van der Waals surface area (Å²) in [6.07, 6.45) is 3.45. The molecule has 1 aromatic carbocycles. The largest absolute Gasteiger partial charge is 0.507 e. The molecule has 0 fully saturated rings. The highest BCUT2D eigenvalue weighted by atomic mass is 16.3. The van der Waals surface area contributed by atoms with Gasteiger partial charge in [0.15, 0.2) is 0 Å². The van der Waals surface area contributed by atoms with E-state index in [4.69, 9.17) is 0 Å². The van der Waals surface area contributed by atoms with Crippen molar-refractivity contribution in [2.45, 2.75) is 13.8 Å². The second-order valence-corrected chi connectivity index (χ2v) is 3.64. The van der Waals surface area contributed by atoms with Gasteiger partial charge in [0.1, 0.15) is 5.75 Å². The molecule has 2 nitrogen and oxygen atoms in total. The Morgan fingerprint density at radius 1 is 1.00 bits per heavy atom. The lowest BCUT2D eigenvalue weighted by molar-refractivity contribution is 0.472. The zero-order valence-electron chi connectivity index (χ0n) is 8.86. The van der Waals surface area contributed by atoms with Crippen LogP contribution in [0.4, 0.5) is 0 Å². The van der Waals surface area contributed by atoms with Crippen molar-refractivity contribution in [3.8, 4) is 16.9 Å². The summed E-state index contributed by atoms with van der Waals surface area (Å²) in [6.45, 7) is 3.92. The van der Waals surface area contributed by atoms with Crippen LogP contribution in [0.2, 0.25) is 0 Å². The summed E-state index contributed by atoms with van der Waals surface area (Å²) in [5.41, 5.74) is 3.89. The number of aryl methyl sites for hydroxylation is 1. The third-order valence-electron chi connectivity index (χ3n) is 2.69. The Hall–Kier alpha value is -1.83. The standard InChI is InChI=1S/C13H13NO/c1-9-3-4-12(13(15)10(9)2)11-5-7-14-8-6-11/h3-8,15H,1-2H3. The number of aromatic nitrogens is 1. The molecule has 2 heteroatoms. The molecule has 15 heavy (non-hydrogen) atoms. The molecule has 1 aromatic heterocycles. The maximum absolute atomic E-state index is 10.0. The van der Waals surface area contributed by atoms with Gasteiger partial charge in [0.25, 0.3) is 0 Å². The summed E-state index contributed by atoms with van der Waals surface area (Å²) in [4.78, 5) is 3.96. The molecule has 0 aliphatic heterocycles. The average molecular weight is 199 g/mol. The van der Waals surface area contributed by atoms with Gasteiger partial charge in [-0.05, 0) is 42.7 Å². The highest BCUT2D eigenvalue weighted by Crippen LogP contribution is 2.32. The Labute approximate surface area is 89.2 Å². The molecule has 76 valence electrons. The number of phenols is 1. The van der Waals surface area contributed by atoms with Crippen molar-refractivity contribution in [2.24, 2.45) is 0 Å². The number of phenolic OH excluding ortho intramolecular Hbond substituents is 1. The van der Waals surface area contributed by atoms with Gasteiger partial charge in [-0.1, -0.05) is 12.1 Å². The number of benzene rings is 1. The maximum atomic E-state index is 10.0. The number of hydrogen-bond donors (Lipinski definition) is 1. The number of pyridine rings is 1. The Morgan fingerprint density at radius 3 is 2.33 bits per heavy atom. The van der Waals surface area contributed by atoms with E-state index in [1.54, 1.807) is 12.4 Å². The van der Waals surface area contributed by atoms with Gasteiger partial charge in [0.05, 0.1) is 0 Å². The van der Waals surface area contributed by atoms with Gasteiger partial charge >= 0.3 is 0 Å². The van der Waals surface area contributed by atoms with E-state index in [1.165, 1.54) is 0 Å². The van der Waals surface area contributed by atoms with Crippen molar-refractivity contribution < 1.29 is 5.11 Å². The van der Waals surface area contributed by atoms with Gasteiger partial charge in [-0.2, -0.15) is 0 Å². The van der Waals surface area contributed by atoms with Gasteiger partial charge in [0.2, 0.25) is 0 Å². The fraction of sp³-hybridized carbons (Fsp3) is 0.154. The zero-order valence-corrected chi connectivity index (χ0v) is 8.86.